The van der Waals surface area contributed by atoms with Gasteiger partial charge in [0, 0.05) is 38.4 Å². The van der Waals surface area contributed by atoms with Crippen LogP contribution in [0.1, 0.15) is 39.4 Å². The molecule has 0 aliphatic carbocycles. The minimum atomic E-state index is -0.513. The molecular formula is C16H25N3O3. The van der Waals surface area contributed by atoms with Gasteiger partial charge in [0.1, 0.15) is 17.2 Å². The Kier molecular flexibility index (Phi) is 4.88. The number of imidazole rings is 1. The average molecular weight is 307 g/mol. The Morgan fingerprint density at radius 3 is 2.73 bits per heavy atom. The number of hydrogen-bond donors (Lipinski definition) is 0. The first-order valence-corrected chi connectivity index (χ1v) is 7.73. The third-order valence-corrected chi connectivity index (χ3v) is 3.78. The fourth-order valence-corrected chi connectivity index (χ4v) is 2.60. The van der Waals surface area contributed by atoms with Gasteiger partial charge >= 0.3 is 6.09 Å². The van der Waals surface area contributed by atoms with Gasteiger partial charge in [0.05, 0.1) is 6.42 Å². The van der Waals surface area contributed by atoms with Crippen LogP contribution in [0.2, 0.25) is 0 Å². The van der Waals surface area contributed by atoms with E-state index in [2.05, 4.69) is 4.98 Å². The lowest BCUT2D eigenvalue weighted by Gasteiger charge is -2.33. The Bertz CT molecular complexity index is 545. The minimum Gasteiger partial charge on any atom is -0.444 e. The SMILES string of the molecule is Cn1ccnc1CC(=O)C1CCCN(C(=O)OC(C)(C)C)C1. The van der Waals surface area contributed by atoms with Crippen molar-refractivity contribution in [1.29, 1.82) is 0 Å². The maximum absolute atomic E-state index is 12.4. The van der Waals surface area contributed by atoms with Gasteiger partial charge in [-0.15, -0.1) is 0 Å². The number of Topliss-reactive ketones (excluding diaryl/α,β-unsaturated/α-hetero) is 1. The van der Waals surface area contributed by atoms with Crippen molar-refractivity contribution in [2.45, 2.75) is 45.6 Å². The second kappa shape index (κ2) is 6.50. The highest BCUT2D eigenvalue weighted by Crippen LogP contribution is 2.21. The number of rotatable bonds is 3. The van der Waals surface area contributed by atoms with Crippen LogP contribution in [0.15, 0.2) is 12.4 Å². The standard InChI is InChI=1S/C16H25N3O3/c1-16(2,3)22-15(21)19-8-5-6-12(11-19)13(20)10-14-17-7-9-18(14)4/h7,9,12H,5-6,8,10-11H2,1-4H3. The molecule has 0 aromatic carbocycles. The maximum atomic E-state index is 12.4. The largest absolute Gasteiger partial charge is 0.444 e. The number of piperidine rings is 1. The summed E-state index contributed by atoms with van der Waals surface area (Å²) in [5.74, 6) is 0.778. The zero-order chi connectivity index (χ0) is 16.3. The predicted octanol–water partition coefficient (Wildman–Crippen LogP) is 2.18. The van der Waals surface area contributed by atoms with E-state index in [1.807, 2.05) is 38.6 Å². The lowest BCUT2D eigenvalue weighted by molar-refractivity contribution is -0.123. The molecule has 6 nitrogen and oxygen atoms in total. The lowest BCUT2D eigenvalue weighted by atomic mass is 9.92. The number of ether oxygens (including phenoxy) is 1. The molecule has 1 fully saturated rings. The molecule has 0 radical (unpaired) electrons. The number of aromatic nitrogens is 2. The minimum absolute atomic E-state index is 0.127. The van der Waals surface area contributed by atoms with Crippen LogP contribution < -0.4 is 0 Å². The van der Waals surface area contributed by atoms with E-state index in [-0.39, 0.29) is 17.8 Å². The van der Waals surface area contributed by atoms with E-state index in [0.29, 0.717) is 19.5 Å². The van der Waals surface area contributed by atoms with E-state index in [1.54, 1.807) is 11.1 Å². The number of aryl methyl sites for hydroxylation is 1. The van der Waals surface area contributed by atoms with Crippen LogP contribution in [-0.4, -0.2) is 45.0 Å². The van der Waals surface area contributed by atoms with Gasteiger partial charge in [0.25, 0.3) is 0 Å². The van der Waals surface area contributed by atoms with E-state index in [4.69, 9.17) is 4.74 Å². The van der Waals surface area contributed by atoms with Gasteiger partial charge in [0.15, 0.2) is 0 Å². The second-order valence-corrected chi connectivity index (χ2v) is 6.86. The molecule has 1 saturated heterocycles. The first-order chi connectivity index (χ1) is 10.3. The molecule has 1 amide bonds. The summed E-state index contributed by atoms with van der Waals surface area (Å²) in [6.45, 7) is 6.63. The molecule has 1 aliphatic heterocycles. The molecule has 1 aliphatic rings. The van der Waals surface area contributed by atoms with Crippen LogP contribution in [0.4, 0.5) is 4.79 Å². The number of ketones is 1. The van der Waals surface area contributed by atoms with Crippen LogP contribution in [0.5, 0.6) is 0 Å². The maximum Gasteiger partial charge on any atom is 0.410 e. The van der Waals surface area contributed by atoms with Crippen molar-refractivity contribution in [3.63, 3.8) is 0 Å². The number of amides is 1. The van der Waals surface area contributed by atoms with Crippen molar-refractivity contribution < 1.29 is 14.3 Å². The number of likely N-dealkylation sites (tertiary alicyclic amines) is 1. The van der Waals surface area contributed by atoms with Gasteiger partial charge in [-0.3, -0.25) is 4.79 Å². The van der Waals surface area contributed by atoms with E-state index in [9.17, 15) is 9.59 Å². The highest BCUT2D eigenvalue weighted by molar-refractivity contribution is 5.83. The van der Waals surface area contributed by atoms with E-state index in [1.165, 1.54) is 0 Å². The van der Waals surface area contributed by atoms with Gasteiger partial charge < -0.3 is 14.2 Å². The monoisotopic (exact) mass is 307 g/mol. The highest BCUT2D eigenvalue weighted by Gasteiger charge is 2.31. The summed E-state index contributed by atoms with van der Waals surface area (Å²) in [5, 5.41) is 0. The molecule has 1 unspecified atom stereocenters. The van der Waals surface area contributed by atoms with Crippen molar-refractivity contribution in [3.8, 4) is 0 Å². The molecule has 122 valence electrons. The van der Waals surface area contributed by atoms with Crippen LogP contribution in [0.3, 0.4) is 0 Å². The van der Waals surface area contributed by atoms with Crippen LogP contribution in [0.25, 0.3) is 0 Å². The van der Waals surface area contributed by atoms with Crippen molar-refractivity contribution >= 4 is 11.9 Å². The van der Waals surface area contributed by atoms with Gasteiger partial charge in [-0.1, -0.05) is 0 Å². The molecule has 1 atom stereocenters. The molecule has 6 heteroatoms. The zero-order valence-electron chi connectivity index (χ0n) is 13.8. The summed E-state index contributed by atoms with van der Waals surface area (Å²) in [4.78, 5) is 30.4. The van der Waals surface area contributed by atoms with Crippen LogP contribution in [0, 0.1) is 5.92 Å². The van der Waals surface area contributed by atoms with Gasteiger partial charge in [-0.25, -0.2) is 9.78 Å². The van der Waals surface area contributed by atoms with Crippen molar-refractivity contribution in [1.82, 2.24) is 14.5 Å². The van der Waals surface area contributed by atoms with Crippen LogP contribution in [-0.2, 0) is 23.0 Å². The molecular weight excluding hydrogens is 282 g/mol. The molecule has 0 spiro atoms. The fraction of sp³-hybridized carbons (Fsp3) is 0.688. The Morgan fingerprint density at radius 2 is 2.14 bits per heavy atom. The Hall–Kier alpha value is -1.85. The smallest absolute Gasteiger partial charge is 0.410 e. The first kappa shape index (κ1) is 16.5. The zero-order valence-corrected chi connectivity index (χ0v) is 13.8. The normalized spacial score (nSPS) is 19.1. The number of carbonyl (C=O) groups excluding carboxylic acids is 2. The average Bonchev–Trinajstić information content (AvgIpc) is 2.82. The van der Waals surface area contributed by atoms with Gasteiger partial charge in [0.2, 0.25) is 0 Å². The Labute approximate surface area is 131 Å². The summed E-state index contributed by atoms with van der Waals surface area (Å²) in [6, 6.07) is 0. The van der Waals surface area contributed by atoms with E-state index in [0.717, 1.165) is 18.7 Å². The topological polar surface area (TPSA) is 64.4 Å². The van der Waals surface area contributed by atoms with Gasteiger partial charge in [-0.05, 0) is 33.6 Å². The molecule has 2 heterocycles. The molecule has 22 heavy (non-hydrogen) atoms. The molecule has 0 bridgehead atoms. The highest BCUT2D eigenvalue weighted by atomic mass is 16.6. The molecule has 0 saturated carbocycles. The summed E-state index contributed by atoms with van der Waals surface area (Å²) >= 11 is 0. The third kappa shape index (κ3) is 4.32. The molecule has 1 aromatic rings. The summed E-state index contributed by atoms with van der Waals surface area (Å²) in [6.07, 6.45) is 5.16. The number of carbonyl (C=O) groups is 2. The summed E-state index contributed by atoms with van der Waals surface area (Å²) < 4.78 is 7.24. The fourth-order valence-electron chi connectivity index (χ4n) is 2.60. The van der Waals surface area contributed by atoms with E-state index < -0.39 is 5.60 Å². The number of nitrogens with zero attached hydrogens (tertiary/aromatic N) is 3. The Balaban J connectivity index is 1.94. The van der Waals surface area contributed by atoms with Crippen molar-refractivity contribution in [2.75, 3.05) is 13.1 Å². The second-order valence-electron chi connectivity index (χ2n) is 6.86. The quantitative estimate of drug-likeness (QED) is 0.858. The first-order valence-electron chi connectivity index (χ1n) is 7.73. The Morgan fingerprint density at radius 1 is 1.41 bits per heavy atom. The number of hydrogen-bond acceptors (Lipinski definition) is 4. The van der Waals surface area contributed by atoms with Gasteiger partial charge in [-0.2, -0.15) is 0 Å². The molecule has 2 rings (SSSR count). The van der Waals surface area contributed by atoms with Crippen molar-refractivity contribution in [3.05, 3.63) is 18.2 Å². The molecule has 0 N–H and O–H groups in total. The third-order valence-electron chi connectivity index (χ3n) is 3.78. The summed E-state index contributed by atoms with van der Waals surface area (Å²) in [5.41, 5.74) is -0.513. The lowest BCUT2D eigenvalue weighted by Crippen LogP contribution is -2.45. The predicted molar refractivity (Wildman–Crippen MR) is 82.5 cm³/mol. The van der Waals surface area contributed by atoms with E-state index >= 15 is 0 Å². The summed E-state index contributed by atoms with van der Waals surface area (Å²) in [7, 11) is 1.88. The van der Waals surface area contributed by atoms with Crippen LogP contribution >= 0.6 is 0 Å². The van der Waals surface area contributed by atoms with Crippen molar-refractivity contribution in [2.24, 2.45) is 13.0 Å². The molecule has 1 aromatic heterocycles.